The Hall–Kier alpha value is -2.89. The van der Waals surface area contributed by atoms with Gasteiger partial charge in [-0.05, 0) is 43.0 Å². The Balaban J connectivity index is 1.75. The van der Waals surface area contributed by atoms with Crippen molar-refractivity contribution in [2.24, 2.45) is 0 Å². The van der Waals surface area contributed by atoms with E-state index in [0.717, 1.165) is 23.4 Å². The number of pyridine rings is 1. The SMILES string of the molecule is COc1ccc(CCNC(=O)c2cc(C(C)C)nc3onc(C)c23)cc1. The van der Waals surface area contributed by atoms with Crippen molar-refractivity contribution in [3.63, 3.8) is 0 Å². The Morgan fingerprint density at radius 1 is 1.27 bits per heavy atom. The molecule has 0 spiro atoms. The lowest BCUT2D eigenvalue weighted by atomic mass is 10.0. The van der Waals surface area contributed by atoms with E-state index in [1.807, 2.05) is 51.1 Å². The smallest absolute Gasteiger partial charge is 0.259 e. The molecular formula is C20H23N3O3. The third-order valence-electron chi connectivity index (χ3n) is 4.33. The number of ether oxygens (including phenoxy) is 1. The zero-order valence-corrected chi connectivity index (χ0v) is 15.5. The first-order valence-electron chi connectivity index (χ1n) is 8.67. The van der Waals surface area contributed by atoms with Crippen LogP contribution in [0.1, 0.15) is 47.1 Å². The fourth-order valence-electron chi connectivity index (χ4n) is 2.80. The van der Waals surface area contributed by atoms with Crippen molar-refractivity contribution in [3.05, 3.63) is 52.8 Å². The minimum Gasteiger partial charge on any atom is -0.497 e. The first-order chi connectivity index (χ1) is 12.5. The van der Waals surface area contributed by atoms with Gasteiger partial charge in [-0.1, -0.05) is 31.1 Å². The second-order valence-corrected chi connectivity index (χ2v) is 6.55. The average molecular weight is 353 g/mol. The van der Waals surface area contributed by atoms with E-state index in [2.05, 4.69) is 15.5 Å². The number of aromatic nitrogens is 2. The number of amides is 1. The van der Waals surface area contributed by atoms with E-state index >= 15 is 0 Å². The summed E-state index contributed by atoms with van der Waals surface area (Å²) in [7, 11) is 1.64. The summed E-state index contributed by atoms with van der Waals surface area (Å²) in [5, 5.41) is 7.62. The van der Waals surface area contributed by atoms with Crippen LogP contribution >= 0.6 is 0 Å². The number of nitrogens with zero attached hydrogens (tertiary/aromatic N) is 2. The molecule has 2 heterocycles. The van der Waals surface area contributed by atoms with Crippen LogP contribution in [-0.2, 0) is 6.42 Å². The molecule has 1 aromatic carbocycles. The van der Waals surface area contributed by atoms with Gasteiger partial charge in [0.25, 0.3) is 11.6 Å². The summed E-state index contributed by atoms with van der Waals surface area (Å²) < 4.78 is 10.4. The molecule has 0 saturated carbocycles. The molecule has 0 radical (unpaired) electrons. The average Bonchev–Trinajstić information content (AvgIpc) is 3.02. The number of benzene rings is 1. The van der Waals surface area contributed by atoms with Crippen LogP contribution in [0.3, 0.4) is 0 Å². The van der Waals surface area contributed by atoms with Crippen LogP contribution in [0.5, 0.6) is 5.75 Å². The Morgan fingerprint density at radius 3 is 2.65 bits per heavy atom. The highest BCUT2D eigenvalue weighted by Crippen LogP contribution is 2.25. The van der Waals surface area contributed by atoms with Gasteiger partial charge < -0.3 is 14.6 Å². The molecule has 3 aromatic rings. The normalized spacial score (nSPS) is 11.1. The van der Waals surface area contributed by atoms with Crippen molar-refractivity contribution < 1.29 is 14.1 Å². The first-order valence-corrected chi connectivity index (χ1v) is 8.67. The van der Waals surface area contributed by atoms with Crippen LogP contribution in [0, 0.1) is 6.92 Å². The van der Waals surface area contributed by atoms with Gasteiger partial charge in [-0.3, -0.25) is 4.79 Å². The molecule has 0 unspecified atom stereocenters. The van der Waals surface area contributed by atoms with Crippen molar-refractivity contribution >= 4 is 17.0 Å². The van der Waals surface area contributed by atoms with Crippen LogP contribution in [0.25, 0.3) is 11.1 Å². The molecule has 3 rings (SSSR count). The zero-order valence-electron chi connectivity index (χ0n) is 15.5. The lowest BCUT2D eigenvalue weighted by Crippen LogP contribution is -2.26. The van der Waals surface area contributed by atoms with Gasteiger partial charge in [0.1, 0.15) is 5.75 Å². The summed E-state index contributed by atoms with van der Waals surface area (Å²) in [5.41, 5.74) is 3.59. The van der Waals surface area contributed by atoms with E-state index in [1.165, 1.54) is 0 Å². The van der Waals surface area contributed by atoms with E-state index < -0.39 is 0 Å². The van der Waals surface area contributed by atoms with Crippen molar-refractivity contribution in [1.29, 1.82) is 0 Å². The predicted molar refractivity (Wildman–Crippen MR) is 99.7 cm³/mol. The minimum atomic E-state index is -0.140. The highest BCUT2D eigenvalue weighted by atomic mass is 16.5. The van der Waals surface area contributed by atoms with E-state index in [9.17, 15) is 4.79 Å². The number of aryl methyl sites for hydroxylation is 1. The molecule has 0 fully saturated rings. The third kappa shape index (κ3) is 3.69. The maximum Gasteiger partial charge on any atom is 0.259 e. The van der Waals surface area contributed by atoms with Crippen molar-refractivity contribution in [2.75, 3.05) is 13.7 Å². The number of carbonyl (C=O) groups excluding carboxylic acids is 1. The topological polar surface area (TPSA) is 77.2 Å². The fourth-order valence-corrected chi connectivity index (χ4v) is 2.80. The number of hydrogen-bond donors (Lipinski definition) is 1. The molecule has 0 bridgehead atoms. The Labute approximate surface area is 152 Å². The molecule has 136 valence electrons. The minimum absolute atomic E-state index is 0.140. The molecule has 6 nitrogen and oxygen atoms in total. The van der Waals surface area contributed by atoms with E-state index in [-0.39, 0.29) is 11.8 Å². The molecule has 2 aromatic heterocycles. The van der Waals surface area contributed by atoms with Crippen LogP contribution in [0.2, 0.25) is 0 Å². The molecule has 0 atom stereocenters. The highest BCUT2D eigenvalue weighted by molar-refractivity contribution is 6.06. The second kappa shape index (κ2) is 7.56. The zero-order chi connectivity index (χ0) is 18.7. The quantitative estimate of drug-likeness (QED) is 0.732. The number of nitrogens with one attached hydrogen (secondary N) is 1. The summed E-state index contributed by atoms with van der Waals surface area (Å²) in [4.78, 5) is 17.2. The largest absolute Gasteiger partial charge is 0.497 e. The highest BCUT2D eigenvalue weighted by Gasteiger charge is 2.19. The number of hydrogen-bond acceptors (Lipinski definition) is 5. The number of rotatable bonds is 6. The molecule has 6 heteroatoms. The standard InChI is InChI=1S/C20H23N3O3/c1-12(2)17-11-16(18-13(3)23-26-20(18)22-17)19(24)21-10-9-14-5-7-15(25-4)8-6-14/h5-8,11-12H,9-10H2,1-4H3,(H,21,24). The van der Waals surface area contributed by atoms with Gasteiger partial charge in [-0.25, -0.2) is 4.98 Å². The lowest BCUT2D eigenvalue weighted by Gasteiger charge is -2.10. The molecule has 26 heavy (non-hydrogen) atoms. The monoisotopic (exact) mass is 353 g/mol. The van der Waals surface area contributed by atoms with Crippen LogP contribution in [0.15, 0.2) is 34.9 Å². The molecule has 1 N–H and O–H groups in total. The predicted octanol–water partition coefficient (Wildman–Crippen LogP) is 3.64. The maximum absolute atomic E-state index is 12.7. The van der Waals surface area contributed by atoms with Gasteiger partial charge in [-0.2, -0.15) is 0 Å². The van der Waals surface area contributed by atoms with Crippen molar-refractivity contribution in [1.82, 2.24) is 15.5 Å². The number of methoxy groups -OCH3 is 1. The lowest BCUT2D eigenvalue weighted by molar-refractivity contribution is 0.0955. The summed E-state index contributed by atoms with van der Waals surface area (Å²) in [6, 6.07) is 9.66. The Bertz CT molecular complexity index is 914. The molecular weight excluding hydrogens is 330 g/mol. The van der Waals surface area contributed by atoms with Gasteiger partial charge >= 0.3 is 0 Å². The Kier molecular flexibility index (Phi) is 5.21. The van der Waals surface area contributed by atoms with Gasteiger partial charge in [0.05, 0.1) is 23.8 Å². The van der Waals surface area contributed by atoms with Crippen LogP contribution in [-0.4, -0.2) is 29.7 Å². The maximum atomic E-state index is 12.7. The molecule has 0 saturated heterocycles. The van der Waals surface area contributed by atoms with Gasteiger partial charge in [0, 0.05) is 12.2 Å². The summed E-state index contributed by atoms with van der Waals surface area (Å²) >= 11 is 0. The third-order valence-corrected chi connectivity index (χ3v) is 4.33. The summed E-state index contributed by atoms with van der Waals surface area (Å²) in [6.07, 6.45) is 0.740. The summed E-state index contributed by atoms with van der Waals surface area (Å²) in [5.74, 6) is 0.871. The number of fused-ring (bicyclic) bond motifs is 1. The summed E-state index contributed by atoms with van der Waals surface area (Å²) in [6.45, 7) is 6.42. The van der Waals surface area contributed by atoms with E-state index in [0.29, 0.717) is 28.9 Å². The molecule has 0 aliphatic carbocycles. The van der Waals surface area contributed by atoms with Crippen LogP contribution < -0.4 is 10.1 Å². The Morgan fingerprint density at radius 2 is 2.00 bits per heavy atom. The van der Waals surface area contributed by atoms with E-state index in [1.54, 1.807) is 7.11 Å². The van der Waals surface area contributed by atoms with Gasteiger partial charge in [-0.15, -0.1) is 0 Å². The van der Waals surface area contributed by atoms with Gasteiger partial charge in [0.15, 0.2) is 0 Å². The number of carbonyl (C=O) groups is 1. The molecule has 0 aliphatic heterocycles. The van der Waals surface area contributed by atoms with Crippen molar-refractivity contribution in [3.8, 4) is 5.75 Å². The first kappa shape index (κ1) is 17.9. The fraction of sp³-hybridized carbons (Fsp3) is 0.350. The second-order valence-electron chi connectivity index (χ2n) is 6.55. The van der Waals surface area contributed by atoms with Gasteiger partial charge in [0.2, 0.25) is 0 Å². The molecule has 1 amide bonds. The van der Waals surface area contributed by atoms with Crippen molar-refractivity contribution in [2.45, 2.75) is 33.1 Å². The van der Waals surface area contributed by atoms with E-state index in [4.69, 9.17) is 9.26 Å². The van der Waals surface area contributed by atoms with Crippen LogP contribution in [0.4, 0.5) is 0 Å². The molecule has 0 aliphatic rings.